The topological polar surface area (TPSA) is 88.2 Å². The molecule has 0 unspecified atom stereocenters. The van der Waals surface area contributed by atoms with Crippen LogP contribution < -0.4 is 0 Å². The molecule has 8 heteroatoms. The van der Waals surface area contributed by atoms with Gasteiger partial charge in [0, 0.05) is 24.4 Å². The highest BCUT2D eigenvalue weighted by Crippen LogP contribution is 2.41. The van der Waals surface area contributed by atoms with Crippen LogP contribution in [0.2, 0.25) is 0 Å². The van der Waals surface area contributed by atoms with Crippen LogP contribution in [0.4, 0.5) is 9.18 Å². The zero-order valence-electron chi connectivity index (χ0n) is 20.5. The number of aromatic nitrogens is 3. The Morgan fingerprint density at radius 2 is 1.68 bits per heavy atom. The highest BCUT2D eigenvalue weighted by Gasteiger charge is 2.58. The number of nitrogens with one attached hydrogen (secondary N) is 1. The number of benzene rings is 3. The van der Waals surface area contributed by atoms with Gasteiger partial charge in [-0.15, -0.1) is 0 Å². The largest absolute Gasteiger partial charge is 0.424 e. The van der Waals surface area contributed by atoms with E-state index in [0.717, 1.165) is 21.6 Å². The summed E-state index contributed by atoms with van der Waals surface area (Å²) in [5.74, 6) is -0.695. The van der Waals surface area contributed by atoms with Gasteiger partial charge in [0.1, 0.15) is 5.82 Å². The third-order valence-electron chi connectivity index (χ3n) is 6.94. The molecular weight excluding hydrogens is 483 g/mol. The van der Waals surface area contributed by atoms with Gasteiger partial charge in [0.15, 0.2) is 5.82 Å². The summed E-state index contributed by atoms with van der Waals surface area (Å²) in [7, 11) is 0. The number of hydrogen-bond donors (Lipinski definition) is 1. The quantitative estimate of drug-likeness (QED) is 0.308. The molecule has 2 amide bonds. The molecule has 1 aliphatic rings. The summed E-state index contributed by atoms with van der Waals surface area (Å²) in [6, 6.07) is 23.9. The van der Waals surface area contributed by atoms with Gasteiger partial charge in [-0.3, -0.25) is 9.78 Å². The number of carbonyl (C=O) groups excluding carboxylic acids is 2. The number of imidazole rings is 1. The maximum Gasteiger partial charge on any atom is 0.418 e. The van der Waals surface area contributed by atoms with E-state index >= 15 is 0 Å². The number of H-pyrrole nitrogens is 1. The van der Waals surface area contributed by atoms with Gasteiger partial charge in [-0.05, 0) is 53.9 Å². The first-order valence-electron chi connectivity index (χ1n) is 12.2. The van der Waals surface area contributed by atoms with Crippen molar-refractivity contribution >= 4 is 23.0 Å². The van der Waals surface area contributed by atoms with E-state index in [1.54, 1.807) is 31.5 Å². The molecule has 7 nitrogen and oxygen atoms in total. The van der Waals surface area contributed by atoms with Crippen LogP contribution in [-0.2, 0) is 21.6 Å². The number of halogens is 1. The Bertz CT molecular complexity index is 1640. The zero-order valence-corrected chi connectivity index (χ0v) is 20.5. The third kappa shape index (κ3) is 3.91. The SMILES string of the molecule is C[C@H](c1ccc(F)cc1)N1C(=O)O[C@](Cc2ccccc2)(c2nc3c(-c4ccncc4)cccc3[nH]2)C1=O. The second-order valence-corrected chi connectivity index (χ2v) is 9.28. The van der Waals surface area contributed by atoms with E-state index in [1.807, 2.05) is 60.7 Å². The Kier molecular flexibility index (Phi) is 5.72. The average molecular weight is 507 g/mol. The summed E-state index contributed by atoms with van der Waals surface area (Å²) in [6.45, 7) is 1.71. The predicted octanol–water partition coefficient (Wildman–Crippen LogP) is 5.94. The van der Waals surface area contributed by atoms with Crippen LogP contribution >= 0.6 is 0 Å². The molecule has 3 aromatic carbocycles. The standard InChI is InChI=1S/C30H23FN4O3/c1-19(21-10-12-23(31)13-11-21)35-28(36)30(38-29(35)37,18-20-6-3-2-4-7-20)27-33-25-9-5-8-24(26(25)34-27)22-14-16-32-17-15-22/h2-17,19H,18H2,1H3,(H,33,34)/t19-,30-/m1/s1. The lowest BCUT2D eigenvalue weighted by atomic mass is 9.92. The number of pyridine rings is 1. The van der Waals surface area contributed by atoms with Crippen LogP contribution in [-0.4, -0.2) is 31.9 Å². The first-order valence-corrected chi connectivity index (χ1v) is 12.2. The fraction of sp³-hybridized carbons (Fsp3) is 0.133. The summed E-state index contributed by atoms with van der Waals surface area (Å²) in [5.41, 5.74) is 2.83. The Hall–Kier alpha value is -4.85. The molecule has 0 aliphatic carbocycles. The van der Waals surface area contributed by atoms with Crippen molar-refractivity contribution in [3.63, 3.8) is 0 Å². The Morgan fingerprint density at radius 3 is 2.42 bits per heavy atom. The number of para-hydroxylation sites is 1. The third-order valence-corrected chi connectivity index (χ3v) is 6.94. The zero-order chi connectivity index (χ0) is 26.3. The van der Waals surface area contributed by atoms with E-state index < -0.39 is 29.5 Å². The van der Waals surface area contributed by atoms with Gasteiger partial charge < -0.3 is 9.72 Å². The monoisotopic (exact) mass is 506 g/mol. The molecule has 0 bridgehead atoms. The summed E-state index contributed by atoms with van der Waals surface area (Å²) in [5, 5.41) is 0. The molecule has 3 heterocycles. The van der Waals surface area contributed by atoms with Gasteiger partial charge in [-0.25, -0.2) is 19.1 Å². The molecule has 6 rings (SSSR count). The van der Waals surface area contributed by atoms with Crippen LogP contribution in [0.15, 0.2) is 97.3 Å². The number of ether oxygens (including phenoxy) is 1. The highest BCUT2D eigenvalue weighted by molar-refractivity contribution is 6.04. The fourth-order valence-corrected chi connectivity index (χ4v) is 4.96. The van der Waals surface area contributed by atoms with Crippen molar-refractivity contribution < 1.29 is 18.7 Å². The highest BCUT2D eigenvalue weighted by atomic mass is 19.1. The fourth-order valence-electron chi connectivity index (χ4n) is 4.96. The predicted molar refractivity (Wildman–Crippen MR) is 139 cm³/mol. The van der Waals surface area contributed by atoms with E-state index in [1.165, 1.54) is 12.1 Å². The van der Waals surface area contributed by atoms with Gasteiger partial charge in [0.05, 0.1) is 17.1 Å². The minimum atomic E-state index is -1.71. The Balaban J connectivity index is 1.48. The van der Waals surface area contributed by atoms with E-state index in [0.29, 0.717) is 16.6 Å². The molecule has 1 saturated heterocycles. The van der Waals surface area contributed by atoms with Crippen molar-refractivity contribution in [3.8, 4) is 11.1 Å². The molecule has 1 aliphatic heterocycles. The minimum Gasteiger partial charge on any atom is -0.424 e. The molecule has 1 fully saturated rings. The molecule has 5 aromatic rings. The smallest absolute Gasteiger partial charge is 0.418 e. The summed E-state index contributed by atoms with van der Waals surface area (Å²) in [6.07, 6.45) is 2.72. The number of cyclic esters (lactones) is 1. The normalized spacial score (nSPS) is 18.1. The number of carbonyl (C=O) groups is 2. The molecule has 38 heavy (non-hydrogen) atoms. The molecule has 2 aromatic heterocycles. The van der Waals surface area contributed by atoms with Crippen LogP contribution in [0.1, 0.15) is 29.9 Å². The number of nitrogens with zero attached hydrogens (tertiary/aromatic N) is 3. The van der Waals surface area contributed by atoms with Gasteiger partial charge >= 0.3 is 6.09 Å². The van der Waals surface area contributed by atoms with Crippen molar-refractivity contribution in [3.05, 3.63) is 120 Å². The van der Waals surface area contributed by atoms with Gasteiger partial charge in [-0.2, -0.15) is 0 Å². The summed E-state index contributed by atoms with van der Waals surface area (Å²) < 4.78 is 19.5. The summed E-state index contributed by atoms with van der Waals surface area (Å²) >= 11 is 0. The maximum absolute atomic E-state index is 14.2. The van der Waals surface area contributed by atoms with E-state index in [-0.39, 0.29) is 12.2 Å². The van der Waals surface area contributed by atoms with E-state index in [4.69, 9.17) is 9.72 Å². The van der Waals surface area contributed by atoms with Crippen LogP contribution in [0, 0.1) is 5.82 Å². The van der Waals surface area contributed by atoms with Crippen molar-refractivity contribution in [2.45, 2.75) is 25.0 Å². The van der Waals surface area contributed by atoms with Gasteiger partial charge in [-0.1, -0.05) is 54.6 Å². The number of rotatable bonds is 6. The molecule has 188 valence electrons. The van der Waals surface area contributed by atoms with Crippen molar-refractivity contribution in [2.75, 3.05) is 0 Å². The summed E-state index contributed by atoms with van der Waals surface area (Å²) in [4.78, 5) is 40.8. The first-order chi connectivity index (χ1) is 18.5. The van der Waals surface area contributed by atoms with Crippen LogP contribution in [0.3, 0.4) is 0 Å². The lowest BCUT2D eigenvalue weighted by Gasteiger charge is -2.25. The van der Waals surface area contributed by atoms with Crippen LogP contribution in [0.5, 0.6) is 0 Å². The van der Waals surface area contributed by atoms with E-state index in [2.05, 4.69) is 9.97 Å². The van der Waals surface area contributed by atoms with E-state index in [9.17, 15) is 14.0 Å². The molecular formula is C30H23FN4O3. The number of hydrogen-bond acceptors (Lipinski definition) is 5. The molecule has 0 spiro atoms. The molecule has 2 atom stereocenters. The lowest BCUT2D eigenvalue weighted by molar-refractivity contribution is -0.139. The van der Waals surface area contributed by atoms with Crippen LogP contribution in [0.25, 0.3) is 22.2 Å². The lowest BCUT2D eigenvalue weighted by Crippen LogP contribution is -2.42. The molecule has 0 radical (unpaired) electrons. The second-order valence-electron chi connectivity index (χ2n) is 9.28. The average Bonchev–Trinajstić information content (AvgIpc) is 3.49. The number of amides is 2. The number of fused-ring (bicyclic) bond motifs is 1. The van der Waals surface area contributed by atoms with Gasteiger partial charge in [0.25, 0.3) is 11.5 Å². The first kappa shape index (κ1) is 23.5. The van der Waals surface area contributed by atoms with Crippen molar-refractivity contribution in [2.24, 2.45) is 0 Å². The second kappa shape index (κ2) is 9.23. The van der Waals surface area contributed by atoms with Crippen molar-refractivity contribution in [1.82, 2.24) is 19.9 Å². The number of imide groups is 1. The number of aromatic amines is 1. The Morgan fingerprint density at radius 1 is 0.947 bits per heavy atom. The molecule has 1 N–H and O–H groups in total. The van der Waals surface area contributed by atoms with Gasteiger partial charge in [0.2, 0.25) is 0 Å². The molecule has 0 saturated carbocycles. The van der Waals surface area contributed by atoms with Crippen molar-refractivity contribution in [1.29, 1.82) is 0 Å². The Labute approximate surface area is 217 Å². The maximum atomic E-state index is 14.2. The minimum absolute atomic E-state index is 0.0927.